The largest absolute Gasteiger partial charge is 0.487 e. The van der Waals surface area contributed by atoms with E-state index >= 15 is 0 Å². The molecule has 3 nitrogen and oxygen atoms in total. The minimum Gasteiger partial charge on any atom is -0.487 e. The monoisotopic (exact) mass is 289 g/mol. The zero-order chi connectivity index (χ0) is 14.5. The molecule has 0 heterocycles. The van der Waals surface area contributed by atoms with Crippen molar-refractivity contribution in [1.82, 2.24) is 0 Å². The first kappa shape index (κ1) is 14.0. The first-order valence-corrected chi connectivity index (χ1v) is 6.08. The average molecular weight is 290 g/mol. The fraction of sp³-hybridized carbons (Fsp3) is 0.0667. The molecule has 0 spiro atoms. The molecule has 0 amide bonds. The summed E-state index contributed by atoms with van der Waals surface area (Å²) in [7, 11) is 0. The molecular formula is C15H9ClFNO2. The third-order valence-corrected chi connectivity index (χ3v) is 2.97. The molecule has 5 heteroatoms. The van der Waals surface area contributed by atoms with Crippen molar-refractivity contribution in [1.29, 1.82) is 5.26 Å². The summed E-state index contributed by atoms with van der Waals surface area (Å²) >= 11 is 5.94. The van der Waals surface area contributed by atoms with E-state index in [1.54, 1.807) is 18.2 Å². The van der Waals surface area contributed by atoms with Gasteiger partial charge in [0.2, 0.25) is 0 Å². The summed E-state index contributed by atoms with van der Waals surface area (Å²) in [5.41, 5.74) is 0.660. The van der Waals surface area contributed by atoms with Gasteiger partial charge in [0.15, 0.2) is 0 Å². The van der Waals surface area contributed by atoms with Crippen molar-refractivity contribution in [3.63, 3.8) is 0 Å². The predicted octanol–water partition coefficient (Wildman–Crippen LogP) is 3.74. The van der Waals surface area contributed by atoms with Crippen molar-refractivity contribution in [2.45, 2.75) is 6.61 Å². The highest BCUT2D eigenvalue weighted by Crippen LogP contribution is 2.26. The van der Waals surface area contributed by atoms with Crippen molar-refractivity contribution in [2.75, 3.05) is 0 Å². The molecule has 0 atom stereocenters. The molecule has 0 unspecified atom stereocenters. The lowest BCUT2D eigenvalue weighted by atomic mass is 10.1. The second-order valence-electron chi connectivity index (χ2n) is 3.99. The maximum Gasteiger partial charge on any atom is 0.150 e. The second kappa shape index (κ2) is 6.18. The molecule has 0 aliphatic rings. The Bertz CT molecular complexity index is 695. The van der Waals surface area contributed by atoms with Crippen LogP contribution in [0.2, 0.25) is 5.02 Å². The lowest BCUT2D eigenvalue weighted by Crippen LogP contribution is -2.00. The van der Waals surface area contributed by atoms with Crippen LogP contribution in [0.15, 0.2) is 36.4 Å². The van der Waals surface area contributed by atoms with Crippen LogP contribution in [0.25, 0.3) is 0 Å². The normalized spacial score (nSPS) is 9.85. The van der Waals surface area contributed by atoms with Gasteiger partial charge in [0.05, 0.1) is 10.6 Å². The van der Waals surface area contributed by atoms with Gasteiger partial charge in [-0.15, -0.1) is 0 Å². The van der Waals surface area contributed by atoms with Crippen molar-refractivity contribution >= 4 is 17.9 Å². The fourth-order valence-corrected chi connectivity index (χ4v) is 1.88. The van der Waals surface area contributed by atoms with E-state index in [1.165, 1.54) is 24.3 Å². The Labute approximate surface area is 120 Å². The highest BCUT2D eigenvalue weighted by Gasteiger charge is 2.09. The van der Waals surface area contributed by atoms with Crippen LogP contribution in [0, 0.1) is 17.1 Å². The molecule has 0 aliphatic heterocycles. The van der Waals surface area contributed by atoms with Crippen molar-refractivity contribution in [3.8, 4) is 11.8 Å². The Balaban J connectivity index is 2.17. The first-order valence-electron chi connectivity index (χ1n) is 5.70. The van der Waals surface area contributed by atoms with Gasteiger partial charge >= 0.3 is 0 Å². The van der Waals surface area contributed by atoms with Gasteiger partial charge in [-0.25, -0.2) is 4.39 Å². The lowest BCUT2D eigenvalue weighted by Gasteiger charge is -2.09. The first-order chi connectivity index (χ1) is 9.65. The predicted molar refractivity (Wildman–Crippen MR) is 72.3 cm³/mol. The molecular weight excluding hydrogens is 281 g/mol. The maximum absolute atomic E-state index is 13.8. The fourth-order valence-electron chi connectivity index (χ4n) is 1.64. The molecule has 20 heavy (non-hydrogen) atoms. The summed E-state index contributed by atoms with van der Waals surface area (Å²) in [4.78, 5) is 10.6. The Morgan fingerprint density at radius 1 is 1.35 bits per heavy atom. The second-order valence-corrected chi connectivity index (χ2v) is 4.39. The molecule has 100 valence electrons. The van der Waals surface area contributed by atoms with Crippen LogP contribution in [-0.2, 0) is 6.61 Å². The van der Waals surface area contributed by atoms with Crippen LogP contribution in [0.1, 0.15) is 21.5 Å². The number of rotatable bonds is 4. The van der Waals surface area contributed by atoms with E-state index in [1.807, 2.05) is 0 Å². The van der Waals surface area contributed by atoms with Gasteiger partial charge in [-0.1, -0.05) is 23.7 Å². The zero-order valence-corrected chi connectivity index (χ0v) is 11.0. The van der Waals surface area contributed by atoms with E-state index < -0.39 is 5.82 Å². The number of carbonyl (C=O) groups excluding carboxylic acids is 1. The molecule has 0 fully saturated rings. The number of nitriles is 1. The molecule has 0 saturated heterocycles. The molecule has 2 rings (SSSR count). The Hall–Kier alpha value is -2.38. The van der Waals surface area contributed by atoms with Crippen LogP contribution in [0.3, 0.4) is 0 Å². The van der Waals surface area contributed by atoms with Crippen LogP contribution in [0.4, 0.5) is 4.39 Å². The van der Waals surface area contributed by atoms with Crippen LogP contribution in [-0.4, -0.2) is 6.29 Å². The number of halogens is 2. The smallest absolute Gasteiger partial charge is 0.150 e. The van der Waals surface area contributed by atoms with Crippen LogP contribution < -0.4 is 4.74 Å². The Morgan fingerprint density at radius 2 is 2.15 bits per heavy atom. The topological polar surface area (TPSA) is 50.1 Å². The van der Waals surface area contributed by atoms with Crippen LogP contribution in [0.5, 0.6) is 5.75 Å². The molecule has 0 bridgehead atoms. The third kappa shape index (κ3) is 2.95. The third-order valence-electron chi connectivity index (χ3n) is 2.67. The molecule has 0 saturated carbocycles. The minimum atomic E-state index is -0.601. The average Bonchev–Trinajstić information content (AvgIpc) is 2.47. The van der Waals surface area contributed by atoms with E-state index in [-0.39, 0.29) is 22.8 Å². The highest BCUT2D eigenvalue weighted by atomic mass is 35.5. The number of carbonyl (C=O) groups is 1. The minimum absolute atomic E-state index is 0.0338. The zero-order valence-electron chi connectivity index (χ0n) is 10.3. The maximum atomic E-state index is 13.8. The summed E-state index contributed by atoms with van der Waals surface area (Å²) < 4.78 is 19.2. The Kier molecular flexibility index (Phi) is 4.34. The van der Waals surface area contributed by atoms with E-state index in [9.17, 15) is 9.18 Å². The van der Waals surface area contributed by atoms with E-state index in [2.05, 4.69) is 0 Å². The molecule has 0 radical (unpaired) electrons. The quantitative estimate of drug-likeness (QED) is 0.806. The number of hydrogen-bond acceptors (Lipinski definition) is 3. The van der Waals surface area contributed by atoms with Crippen LogP contribution >= 0.6 is 11.6 Å². The number of ether oxygens (including phenoxy) is 1. The lowest BCUT2D eigenvalue weighted by molar-refractivity contribution is 0.112. The summed E-state index contributed by atoms with van der Waals surface area (Å²) in [6.07, 6.45) is 0.672. The Morgan fingerprint density at radius 3 is 2.80 bits per heavy atom. The number of nitrogens with zero attached hydrogens (tertiary/aromatic N) is 1. The number of benzene rings is 2. The summed E-state index contributed by atoms with van der Waals surface area (Å²) in [5, 5.41) is 9.01. The van der Waals surface area contributed by atoms with Gasteiger partial charge in [0, 0.05) is 11.1 Å². The van der Waals surface area contributed by atoms with Gasteiger partial charge < -0.3 is 4.74 Å². The molecule has 0 aliphatic carbocycles. The molecule has 0 N–H and O–H groups in total. The standard InChI is InChI=1S/C15H9ClFNO2/c16-13-6-10(8-19)4-5-14(13)20-9-12-3-1-2-11(7-18)15(12)17/h1-6,8H,9H2. The van der Waals surface area contributed by atoms with Crippen molar-refractivity contribution in [3.05, 3.63) is 63.9 Å². The van der Waals surface area contributed by atoms with E-state index in [0.29, 0.717) is 17.6 Å². The van der Waals surface area contributed by atoms with Crippen molar-refractivity contribution < 1.29 is 13.9 Å². The van der Waals surface area contributed by atoms with E-state index in [0.717, 1.165) is 0 Å². The molecule has 0 aromatic heterocycles. The van der Waals surface area contributed by atoms with Crippen molar-refractivity contribution in [2.24, 2.45) is 0 Å². The van der Waals surface area contributed by atoms with Gasteiger partial charge in [-0.05, 0) is 24.3 Å². The summed E-state index contributed by atoms with van der Waals surface area (Å²) in [6.45, 7) is -0.0541. The van der Waals surface area contributed by atoms with Gasteiger partial charge in [-0.2, -0.15) is 5.26 Å². The summed E-state index contributed by atoms with van der Waals surface area (Å²) in [5.74, 6) is -0.255. The van der Waals surface area contributed by atoms with E-state index in [4.69, 9.17) is 21.6 Å². The number of hydrogen-bond donors (Lipinski definition) is 0. The molecule has 2 aromatic carbocycles. The van der Waals surface area contributed by atoms with Gasteiger partial charge in [0.1, 0.15) is 30.5 Å². The molecule has 2 aromatic rings. The SMILES string of the molecule is N#Cc1cccc(COc2ccc(C=O)cc2Cl)c1F. The van der Waals surface area contributed by atoms with Gasteiger partial charge in [0.25, 0.3) is 0 Å². The summed E-state index contributed by atoms with van der Waals surface area (Å²) in [6, 6.07) is 10.8. The van der Waals surface area contributed by atoms with Gasteiger partial charge in [-0.3, -0.25) is 4.79 Å². The number of aldehydes is 1. The highest BCUT2D eigenvalue weighted by molar-refractivity contribution is 6.32.